The maximum absolute atomic E-state index is 6.06. The van der Waals surface area contributed by atoms with Crippen LogP contribution in [0.25, 0.3) is 11.5 Å². The summed E-state index contributed by atoms with van der Waals surface area (Å²) in [6.45, 7) is 6.43. The van der Waals surface area contributed by atoms with E-state index >= 15 is 0 Å². The Morgan fingerprint density at radius 1 is 1.00 bits per heavy atom. The highest BCUT2D eigenvalue weighted by Crippen LogP contribution is 2.47. The van der Waals surface area contributed by atoms with Crippen molar-refractivity contribution in [2.24, 2.45) is 17.8 Å². The molecule has 1 aromatic carbocycles. The molecule has 2 unspecified atom stereocenters. The van der Waals surface area contributed by atoms with Crippen LogP contribution in [0.3, 0.4) is 0 Å². The average molecular weight is 336 g/mol. The lowest BCUT2D eigenvalue weighted by Crippen LogP contribution is -2.37. The molecule has 4 atom stereocenters. The van der Waals surface area contributed by atoms with Crippen molar-refractivity contribution < 1.29 is 4.42 Å². The van der Waals surface area contributed by atoms with Gasteiger partial charge in [0.2, 0.25) is 5.89 Å². The van der Waals surface area contributed by atoms with Crippen molar-refractivity contribution in [3.05, 3.63) is 41.3 Å². The van der Waals surface area contributed by atoms with Gasteiger partial charge in [-0.05, 0) is 75.3 Å². The zero-order valence-electron chi connectivity index (χ0n) is 15.4. The third-order valence-corrected chi connectivity index (χ3v) is 6.84. The Balaban J connectivity index is 1.40. The largest absolute Gasteiger partial charge is 0.441 e. The van der Waals surface area contributed by atoms with Crippen molar-refractivity contribution >= 4 is 0 Å². The average Bonchev–Trinajstić information content (AvgIpc) is 2.83. The Morgan fingerprint density at radius 3 is 2.48 bits per heavy atom. The molecular weight excluding hydrogens is 308 g/mol. The Labute approximate surface area is 150 Å². The van der Waals surface area contributed by atoms with Crippen LogP contribution in [0.15, 0.2) is 28.7 Å². The molecule has 4 aliphatic rings. The maximum Gasteiger partial charge on any atom is 0.226 e. The first-order chi connectivity index (χ1) is 12.2. The van der Waals surface area contributed by atoms with E-state index in [1.807, 2.05) is 0 Å². The predicted octanol–water partition coefficient (Wildman–Crippen LogP) is 4.97. The number of hydrogen-bond donors (Lipinski definition) is 0. The minimum atomic E-state index is 0.772. The third-order valence-electron chi connectivity index (χ3n) is 6.84. The number of aromatic nitrogens is 1. The van der Waals surface area contributed by atoms with E-state index in [-0.39, 0.29) is 0 Å². The van der Waals surface area contributed by atoms with Crippen LogP contribution in [0, 0.1) is 31.6 Å². The van der Waals surface area contributed by atoms with Gasteiger partial charge >= 0.3 is 0 Å². The molecule has 4 bridgehead atoms. The molecule has 6 rings (SSSR count). The first kappa shape index (κ1) is 15.6. The summed E-state index contributed by atoms with van der Waals surface area (Å²) in [6, 6.07) is 9.13. The number of oxazole rings is 1. The highest BCUT2D eigenvalue weighted by atomic mass is 16.4. The lowest BCUT2D eigenvalue weighted by Gasteiger charge is -2.39. The van der Waals surface area contributed by atoms with E-state index in [2.05, 4.69) is 43.0 Å². The van der Waals surface area contributed by atoms with Crippen LogP contribution in [0.2, 0.25) is 0 Å². The Hall–Kier alpha value is -1.61. The third kappa shape index (κ3) is 2.83. The lowest BCUT2D eigenvalue weighted by molar-refractivity contribution is 0.121. The molecule has 1 aromatic heterocycles. The first-order valence-corrected chi connectivity index (χ1v) is 9.92. The summed E-state index contributed by atoms with van der Waals surface area (Å²) >= 11 is 0. The number of nitrogens with zero attached hydrogens (tertiary/aromatic N) is 2. The van der Waals surface area contributed by atoms with Crippen LogP contribution < -0.4 is 0 Å². The van der Waals surface area contributed by atoms with E-state index in [1.54, 1.807) is 0 Å². The second-order valence-electron chi connectivity index (χ2n) is 8.70. The smallest absolute Gasteiger partial charge is 0.226 e. The number of hydrogen-bond acceptors (Lipinski definition) is 3. The standard InChI is InChI=1S/C22H28N2O/c1-14-5-3-4-6-20(14)22-23-21(15(2)25-22)13-24-12-18-8-16-7-17(9-18)11-19(24)10-16/h3-6,16-19H,7-13H2,1-2H3/t16-,17+,18?,19?. The number of fused-ring (bicyclic) bond motifs is 1. The van der Waals surface area contributed by atoms with Gasteiger partial charge in [0, 0.05) is 24.7 Å². The van der Waals surface area contributed by atoms with Crippen molar-refractivity contribution in [1.29, 1.82) is 0 Å². The SMILES string of the molecule is Cc1ccccc1-c1nc(CN2CC3C[C@@H]4CC2C[C@H](C3)C4)c(C)o1. The van der Waals surface area contributed by atoms with Crippen molar-refractivity contribution in [2.75, 3.05) is 6.54 Å². The highest BCUT2D eigenvalue weighted by Gasteiger charge is 2.42. The number of aryl methyl sites for hydroxylation is 2. The molecular formula is C22H28N2O. The Morgan fingerprint density at radius 2 is 1.72 bits per heavy atom. The van der Waals surface area contributed by atoms with Gasteiger partial charge in [0.25, 0.3) is 0 Å². The zero-order valence-corrected chi connectivity index (χ0v) is 15.4. The Bertz CT molecular complexity index is 766. The summed E-state index contributed by atoms with van der Waals surface area (Å²) in [5, 5.41) is 0. The van der Waals surface area contributed by atoms with Crippen LogP contribution in [-0.4, -0.2) is 22.5 Å². The summed E-state index contributed by atoms with van der Waals surface area (Å²) in [7, 11) is 0. The molecule has 3 nitrogen and oxygen atoms in total. The molecule has 2 saturated carbocycles. The monoisotopic (exact) mass is 336 g/mol. The van der Waals surface area contributed by atoms with Crippen LogP contribution in [0.4, 0.5) is 0 Å². The van der Waals surface area contributed by atoms with Gasteiger partial charge in [-0.3, -0.25) is 4.90 Å². The van der Waals surface area contributed by atoms with Gasteiger partial charge in [-0.25, -0.2) is 4.98 Å². The molecule has 3 heterocycles. The van der Waals surface area contributed by atoms with Gasteiger partial charge in [-0.1, -0.05) is 18.2 Å². The quantitative estimate of drug-likeness (QED) is 0.792. The molecule has 4 fully saturated rings. The summed E-state index contributed by atoms with van der Waals surface area (Å²) in [4.78, 5) is 7.63. The fourth-order valence-electron chi connectivity index (χ4n) is 5.77. The molecule has 2 aliphatic heterocycles. The van der Waals surface area contributed by atoms with Gasteiger partial charge in [0.1, 0.15) is 5.76 Å². The highest BCUT2D eigenvalue weighted by molar-refractivity contribution is 5.58. The molecule has 0 radical (unpaired) electrons. The molecule has 25 heavy (non-hydrogen) atoms. The van der Waals surface area contributed by atoms with Crippen LogP contribution in [0.1, 0.15) is 49.1 Å². The topological polar surface area (TPSA) is 29.3 Å². The fourth-order valence-corrected chi connectivity index (χ4v) is 5.77. The van der Waals surface area contributed by atoms with E-state index in [4.69, 9.17) is 9.40 Å². The van der Waals surface area contributed by atoms with E-state index < -0.39 is 0 Å². The van der Waals surface area contributed by atoms with E-state index in [0.29, 0.717) is 0 Å². The first-order valence-electron chi connectivity index (χ1n) is 9.92. The Kier molecular flexibility index (Phi) is 3.74. The van der Waals surface area contributed by atoms with Crippen LogP contribution in [-0.2, 0) is 6.54 Å². The van der Waals surface area contributed by atoms with E-state index in [0.717, 1.165) is 53.2 Å². The van der Waals surface area contributed by atoms with Gasteiger partial charge in [-0.2, -0.15) is 0 Å². The minimum absolute atomic E-state index is 0.772. The summed E-state index contributed by atoms with van der Waals surface area (Å²) in [6.07, 6.45) is 7.26. The molecule has 3 heteroatoms. The summed E-state index contributed by atoms with van der Waals surface area (Å²) in [5.41, 5.74) is 3.48. The molecule has 2 aliphatic carbocycles. The van der Waals surface area contributed by atoms with Gasteiger partial charge in [-0.15, -0.1) is 0 Å². The van der Waals surface area contributed by atoms with Gasteiger partial charge < -0.3 is 4.42 Å². The number of rotatable bonds is 3. The van der Waals surface area contributed by atoms with Crippen molar-refractivity contribution in [2.45, 2.75) is 58.5 Å². The van der Waals surface area contributed by atoms with Crippen LogP contribution >= 0.6 is 0 Å². The molecule has 132 valence electrons. The fraction of sp³-hybridized carbons (Fsp3) is 0.591. The maximum atomic E-state index is 6.06. The van der Waals surface area contributed by atoms with E-state index in [9.17, 15) is 0 Å². The zero-order chi connectivity index (χ0) is 17.0. The van der Waals surface area contributed by atoms with Crippen molar-refractivity contribution in [3.8, 4) is 11.5 Å². The van der Waals surface area contributed by atoms with Gasteiger partial charge in [0.15, 0.2) is 0 Å². The second kappa shape index (κ2) is 5.98. The lowest BCUT2D eigenvalue weighted by atomic mass is 9.68. The normalized spacial score (nSPS) is 31.4. The number of benzene rings is 1. The molecule has 0 N–H and O–H groups in total. The second-order valence-corrected chi connectivity index (χ2v) is 8.70. The molecule has 2 saturated heterocycles. The van der Waals surface area contributed by atoms with Gasteiger partial charge in [0.05, 0.1) is 5.69 Å². The molecule has 0 spiro atoms. The van der Waals surface area contributed by atoms with E-state index in [1.165, 1.54) is 44.2 Å². The molecule has 2 aromatic rings. The summed E-state index contributed by atoms with van der Waals surface area (Å²) in [5.74, 6) is 4.68. The van der Waals surface area contributed by atoms with Crippen molar-refractivity contribution in [3.63, 3.8) is 0 Å². The summed E-state index contributed by atoms with van der Waals surface area (Å²) < 4.78 is 6.06. The molecule has 0 amide bonds. The van der Waals surface area contributed by atoms with Crippen LogP contribution in [0.5, 0.6) is 0 Å². The van der Waals surface area contributed by atoms with Crippen molar-refractivity contribution in [1.82, 2.24) is 9.88 Å². The minimum Gasteiger partial charge on any atom is -0.441 e. The predicted molar refractivity (Wildman–Crippen MR) is 99.2 cm³/mol.